The number of imidazole rings is 1. The Kier molecular flexibility index (Phi) is 5.27. The number of rotatable bonds is 5. The van der Waals surface area contributed by atoms with E-state index in [1.54, 1.807) is 0 Å². The maximum absolute atomic E-state index is 13.9. The molecule has 0 amide bonds. The zero-order valence-electron chi connectivity index (χ0n) is 15.0. The van der Waals surface area contributed by atoms with E-state index in [9.17, 15) is 32.9 Å². The van der Waals surface area contributed by atoms with E-state index in [-0.39, 0.29) is 17.0 Å². The topological polar surface area (TPSA) is 126 Å². The van der Waals surface area contributed by atoms with Gasteiger partial charge in [-0.2, -0.15) is 0 Å². The zero-order valence-corrected chi connectivity index (χ0v) is 15.0. The number of aliphatic hydroxyl groups is 3. The number of hydrogen-bond acceptors (Lipinski definition) is 8. The van der Waals surface area contributed by atoms with Crippen molar-refractivity contribution in [2.24, 2.45) is 0 Å². The zero-order chi connectivity index (χ0) is 21.6. The minimum atomic E-state index is -1.92. The third-order valence-electron chi connectivity index (χ3n) is 4.77. The van der Waals surface area contributed by atoms with Crippen molar-refractivity contribution in [3.8, 4) is 0 Å². The Morgan fingerprint density at radius 2 is 1.80 bits per heavy atom. The molecule has 4 atom stereocenters. The molecule has 9 nitrogen and oxygen atoms in total. The summed E-state index contributed by atoms with van der Waals surface area (Å²) >= 11 is 0. The first-order valence-electron chi connectivity index (χ1n) is 8.69. The second-order valence-electron chi connectivity index (χ2n) is 6.59. The fourth-order valence-electron chi connectivity index (χ4n) is 3.21. The quantitative estimate of drug-likeness (QED) is 0.264. The molecule has 2 aromatic heterocycles. The summed E-state index contributed by atoms with van der Waals surface area (Å²) in [6.45, 7) is -0.952. The maximum Gasteiger partial charge on any atom is 0.197 e. The van der Waals surface area contributed by atoms with Crippen LogP contribution in [0.3, 0.4) is 0 Å². The Hall–Kier alpha value is -2.87. The lowest BCUT2D eigenvalue weighted by atomic mass is 10.1. The van der Waals surface area contributed by atoms with Gasteiger partial charge in [0, 0.05) is 12.1 Å². The molecule has 4 N–H and O–H groups in total. The molecule has 1 unspecified atom stereocenters. The number of halogens is 4. The van der Waals surface area contributed by atoms with E-state index in [0.29, 0.717) is 6.07 Å². The average molecular weight is 429 g/mol. The molecule has 1 aromatic carbocycles. The van der Waals surface area contributed by atoms with Crippen LogP contribution >= 0.6 is 0 Å². The second-order valence-corrected chi connectivity index (χ2v) is 6.59. The normalized spacial score (nSPS) is 24.0. The van der Waals surface area contributed by atoms with Gasteiger partial charge in [0.15, 0.2) is 46.5 Å². The number of hydrogen-bond donors (Lipinski definition) is 4. The van der Waals surface area contributed by atoms with E-state index in [4.69, 9.17) is 4.74 Å². The summed E-state index contributed by atoms with van der Waals surface area (Å²) < 4.78 is 60.5. The van der Waals surface area contributed by atoms with Crippen LogP contribution in [0, 0.1) is 23.3 Å². The van der Waals surface area contributed by atoms with Crippen molar-refractivity contribution < 1.29 is 37.6 Å². The highest BCUT2D eigenvalue weighted by Crippen LogP contribution is 2.32. The lowest BCUT2D eigenvalue weighted by Crippen LogP contribution is -2.33. The van der Waals surface area contributed by atoms with Gasteiger partial charge in [0.25, 0.3) is 0 Å². The van der Waals surface area contributed by atoms with Gasteiger partial charge in [-0.3, -0.25) is 4.57 Å². The van der Waals surface area contributed by atoms with Crippen molar-refractivity contribution in [1.29, 1.82) is 0 Å². The van der Waals surface area contributed by atoms with Crippen LogP contribution in [-0.4, -0.2) is 59.8 Å². The Balaban J connectivity index is 1.62. The molecule has 0 radical (unpaired) electrons. The first-order valence-corrected chi connectivity index (χ1v) is 8.69. The SMILES string of the molecule is OC[C@H]1OC(n2cnc3c(NCc4cc(F)c(F)c(F)c4F)ncnc32)[C@H](O)[C@@H]1O. The highest BCUT2D eigenvalue weighted by molar-refractivity contribution is 5.82. The van der Waals surface area contributed by atoms with E-state index in [2.05, 4.69) is 20.3 Å². The predicted octanol–water partition coefficient (Wildman–Crippen LogP) is 0.606. The number of nitrogens with one attached hydrogen (secondary N) is 1. The summed E-state index contributed by atoms with van der Waals surface area (Å²) in [6.07, 6.45) is -2.43. The van der Waals surface area contributed by atoms with Crippen molar-refractivity contribution in [2.75, 3.05) is 11.9 Å². The number of aliphatic hydroxyl groups excluding tert-OH is 3. The summed E-state index contributed by atoms with van der Waals surface area (Å²) in [5.41, 5.74) is -0.154. The van der Waals surface area contributed by atoms with Crippen LogP contribution in [0.4, 0.5) is 23.4 Å². The highest BCUT2D eigenvalue weighted by Gasteiger charge is 2.44. The van der Waals surface area contributed by atoms with Crippen LogP contribution < -0.4 is 5.32 Å². The smallest absolute Gasteiger partial charge is 0.197 e. The van der Waals surface area contributed by atoms with Gasteiger partial charge in [-0.25, -0.2) is 32.5 Å². The molecule has 1 aliphatic rings. The van der Waals surface area contributed by atoms with Crippen LogP contribution in [0.15, 0.2) is 18.7 Å². The molecule has 1 aliphatic heterocycles. The standard InChI is InChI=1S/C17H15F4N5O4/c18-7-1-6(9(19)11(21)10(7)20)2-22-15-12-16(24-4-23-15)26(5-25-12)17-14(29)13(28)8(3-27)30-17/h1,4-5,8,13-14,17,27-29H,2-3H2,(H,22,23,24)/t8-,13-,14-,17?/m1/s1. The molecule has 0 spiro atoms. The van der Waals surface area contributed by atoms with E-state index >= 15 is 0 Å². The molecule has 13 heteroatoms. The molecular weight excluding hydrogens is 414 g/mol. The van der Waals surface area contributed by atoms with Crippen LogP contribution in [0.2, 0.25) is 0 Å². The van der Waals surface area contributed by atoms with Gasteiger partial charge in [0.05, 0.1) is 12.9 Å². The van der Waals surface area contributed by atoms with Gasteiger partial charge in [0.1, 0.15) is 24.6 Å². The third kappa shape index (κ3) is 3.25. The average Bonchev–Trinajstić information content (AvgIpc) is 3.29. The number of nitrogens with zero attached hydrogens (tertiary/aromatic N) is 4. The van der Waals surface area contributed by atoms with Crippen molar-refractivity contribution in [3.63, 3.8) is 0 Å². The number of fused-ring (bicyclic) bond motifs is 1. The summed E-state index contributed by atoms with van der Waals surface area (Å²) in [4.78, 5) is 12.1. The van der Waals surface area contributed by atoms with E-state index in [0.717, 1.165) is 6.33 Å². The van der Waals surface area contributed by atoms with Gasteiger partial charge < -0.3 is 25.4 Å². The Labute approximate surface area is 165 Å². The summed E-state index contributed by atoms with van der Waals surface area (Å²) in [7, 11) is 0. The molecule has 30 heavy (non-hydrogen) atoms. The molecule has 160 valence electrons. The Bertz CT molecular complexity index is 1100. The van der Waals surface area contributed by atoms with Gasteiger partial charge in [-0.15, -0.1) is 0 Å². The van der Waals surface area contributed by atoms with E-state index in [1.807, 2.05) is 0 Å². The molecular formula is C17H15F4N5O4. The lowest BCUT2D eigenvalue weighted by molar-refractivity contribution is -0.0511. The minimum Gasteiger partial charge on any atom is -0.394 e. The molecule has 3 aromatic rings. The lowest BCUT2D eigenvalue weighted by Gasteiger charge is -2.16. The van der Waals surface area contributed by atoms with Crippen LogP contribution in [-0.2, 0) is 11.3 Å². The molecule has 0 bridgehead atoms. The third-order valence-corrected chi connectivity index (χ3v) is 4.77. The van der Waals surface area contributed by atoms with Crippen LogP contribution in [0.5, 0.6) is 0 Å². The first kappa shape index (κ1) is 20.4. The molecule has 0 aliphatic carbocycles. The van der Waals surface area contributed by atoms with E-state index < -0.39 is 66.5 Å². The molecule has 0 saturated carbocycles. The fourth-order valence-corrected chi connectivity index (χ4v) is 3.21. The fraction of sp³-hybridized carbons (Fsp3) is 0.353. The van der Waals surface area contributed by atoms with E-state index in [1.165, 1.54) is 10.9 Å². The second kappa shape index (κ2) is 7.75. The number of anilines is 1. The van der Waals surface area contributed by atoms with Gasteiger partial charge in [0.2, 0.25) is 0 Å². The molecule has 3 heterocycles. The van der Waals surface area contributed by atoms with Gasteiger partial charge in [-0.05, 0) is 6.07 Å². The molecule has 1 fully saturated rings. The number of benzene rings is 1. The predicted molar refractivity (Wildman–Crippen MR) is 91.9 cm³/mol. The maximum atomic E-state index is 13.9. The number of aromatic nitrogens is 4. The Morgan fingerprint density at radius 3 is 2.50 bits per heavy atom. The molecule has 4 rings (SSSR count). The van der Waals surface area contributed by atoms with Crippen molar-refractivity contribution in [2.45, 2.75) is 31.1 Å². The summed E-state index contributed by atoms with van der Waals surface area (Å²) in [5.74, 6) is -6.84. The minimum absolute atomic E-state index is 0.0648. The Morgan fingerprint density at radius 1 is 1.03 bits per heavy atom. The van der Waals surface area contributed by atoms with Gasteiger partial charge in [-0.1, -0.05) is 0 Å². The largest absolute Gasteiger partial charge is 0.394 e. The van der Waals surface area contributed by atoms with Gasteiger partial charge >= 0.3 is 0 Å². The van der Waals surface area contributed by atoms with Crippen molar-refractivity contribution >= 4 is 17.0 Å². The summed E-state index contributed by atoms with van der Waals surface area (Å²) in [5, 5.41) is 32.0. The van der Waals surface area contributed by atoms with Crippen molar-refractivity contribution in [1.82, 2.24) is 19.5 Å². The van der Waals surface area contributed by atoms with Crippen LogP contribution in [0.25, 0.3) is 11.2 Å². The highest BCUT2D eigenvalue weighted by atomic mass is 19.2. The monoisotopic (exact) mass is 429 g/mol. The first-order chi connectivity index (χ1) is 14.3. The van der Waals surface area contributed by atoms with Crippen LogP contribution in [0.1, 0.15) is 11.8 Å². The summed E-state index contributed by atoms with van der Waals surface area (Å²) in [6, 6.07) is 0.525. The molecule has 1 saturated heterocycles. The van der Waals surface area contributed by atoms with Crippen molar-refractivity contribution in [3.05, 3.63) is 47.6 Å². The number of ether oxygens (including phenoxy) is 1.